The quantitative estimate of drug-likeness (QED) is 0.668. The second kappa shape index (κ2) is 9.04. The van der Waals surface area contributed by atoms with Crippen molar-refractivity contribution in [3.8, 4) is 0 Å². The molecule has 0 aliphatic carbocycles. The number of benzene rings is 1. The molecule has 2 amide bonds. The summed E-state index contributed by atoms with van der Waals surface area (Å²) in [6.07, 6.45) is 1.88. The van der Waals surface area contributed by atoms with Crippen molar-refractivity contribution in [2.75, 3.05) is 11.9 Å². The molecule has 0 atom stereocenters. The average Bonchev–Trinajstić information content (AvgIpc) is 2.53. The van der Waals surface area contributed by atoms with Crippen LogP contribution in [-0.2, 0) is 4.79 Å². The molecule has 0 fully saturated rings. The van der Waals surface area contributed by atoms with Gasteiger partial charge in [0.15, 0.2) is 0 Å². The van der Waals surface area contributed by atoms with Crippen molar-refractivity contribution < 1.29 is 9.59 Å². The van der Waals surface area contributed by atoms with Crippen LogP contribution in [0.25, 0.3) is 0 Å². The van der Waals surface area contributed by atoms with E-state index >= 15 is 0 Å². The number of amides is 2. The maximum Gasteiger partial charge on any atom is 0.253 e. The van der Waals surface area contributed by atoms with Gasteiger partial charge in [0.25, 0.3) is 5.91 Å². The van der Waals surface area contributed by atoms with Crippen molar-refractivity contribution in [3.05, 3.63) is 28.8 Å². The summed E-state index contributed by atoms with van der Waals surface area (Å²) in [7, 11) is 0. The van der Waals surface area contributed by atoms with E-state index in [0.29, 0.717) is 29.2 Å². The van der Waals surface area contributed by atoms with E-state index in [1.807, 2.05) is 27.7 Å². The Balaban J connectivity index is 2.97. The minimum absolute atomic E-state index is 0.0860. The molecule has 0 radical (unpaired) electrons. The molecule has 0 spiro atoms. The summed E-state index contributed by atoms with van der Waals surface area (Å²) in [5, 5.41) is 6.13. The van der Waals surface area contributed by atoms with Crippen molar-refractivity contribution in [2.45, 2.75) is 52.5 Å². The first-order valence-corrected chi connectivity index (χ1v) is 8.76. The van der Waals surface area contributed by atoms with Gasteiger partial charge in [0.05, 0.1) is 16.1 Å². The molecule has 134 valence electrons. The third-order valence-corrected chi connectivity index (χ3v) is 4.54. The number of carbonyl (C=O) groups is 2. The van der Waals surface area contributed by atoms with E-state index in [1.165, 1.54) is 0 Å². The number of hydrogen-bond acceptors (Lipinski definition) is 3. The normalized spacial score (nSPS) is 11.5. The van der Waals surface area contributed by atoms with Crippen LogP contribution < -0.4 is 16.4 Å². The number of carbonyl (C=O) groups excluding carboxylic acids is 2. The Morgan fingerprint density at radius 2 is 1.88 bits per heavy atom. The van der Waals surface area contributed by atoms with Crippen LogP contribution >= 0.6 is 11.6 Å². The number of nitrogens with two attached hydrogens (primary N) is 1. The van der Waals surface area contributed by atoms with Gasteiger partial charge in [0, 0.05) is 18.7 Å². The highest BCUT2D eigenvalue weighted by atomic mass is 35.5. The van der Waals surface area contributed by atoms with Gasteiger partial charge in [-0.3, -0.25) is 9.59 Å². The summed E-state index contributed by atoms with van der Waals surface area (Å²) >= 11 is 6.17. The lowest BCUT2D eigenvalue weighted by molar-refractivity contribution is -0.116. The van der Waals surface area contributed by atoms with Crippen LogP contribution in [0.1, 0.15) is 57.3 Å². The fourth-order valence-electron chi connectivity index (χ4n) is 2.43. The van der Waals surface area contributed by atoms with Crippen molar-refractivity contribution in [3.63, 3.8) is 0 Å². The summed E-state index contributed by atoms with van der Waals surface area (Å²) < 4.78 is 0. The zero-order valence-corrected chi connectivity index (χ0v) is 15.7. The van der Waals surface area contributed by atoms with Gasteiger partial charge in [-0.1, -0.05) is 39.3 Å². The Morgan fingerprint density at radius 3 is 2.38 bits per heavy atom. The first kappa shape index (κ1) is 20.5. The molecular weight excluding hydrogens is 326 g/mol. The molecule has 0 aliphatic heterocycles. The van der Waals surface area contributed by atoms with E-state index in [-0.39, 0.29) is 17.7 Å². The molecule has 24 heavy (non-hydrogen) atoms. The molecule has 0 aromatic heterocycles. The Hall–Kier alpha value is -1.59. The first-order chi connectivity index (χ1) is 11.3. The van der Waals surface area contributed by atoms with Crippen LogP contribution in [0, 0.1) is 5.92 Å². The van der Waals surface area contributed by atoms with Gasteiger partial charge in [-0.05, 0) is 37.0 Å². The predicted molar refractivity (Wildman–Crippen MR) is 99.4 cm³/mol. The predicted octanol–water partition coefficient (Wildman–Crippen LogP) is 3.57. The van der Waals surface area contributed by atoms with Gasteiger partial charge < -0.3 is 16.4 Å². The van der Waals surface area contributed by atoms with E-state index < -0.39 is 5.54 Å². The molecule has 1 aromatic rings. The zero-order chi connectivity index (χ0) is 18.3. The standard InChI is InChI=1S/C18H28ClN3O2/c1-5-18(6-2,11-20)22-17(24)14-10-13(7-8-15(14)19)21-16(23)9-12(3)4/h7-8,10,12H,5-6,9,11,20H2,1-4H3,(H,21,23)(H,22,24). The average molecular weight is 354 g/mol. The molecule has 0 aliphatic rings. The smallest absolute Gasteiger partial charge is 0.253 e. The zero-order valence-electron chi connectivity index (χ0n) is 14.9. The Kier molecular flexibility index (Phi) is 7.70. The Morgan fingerprint density at radius 1 is 1.25 bits per heavy atom. The topological polar surface area (TPSA) is 84.2 Å². The van der Waals surface area contributed by atoms with E-state index in [4.69, 9.17) is 17.3 Å². The molecule has 5 nitrogen and oxygen atoms in total. The summed E-state index contributed by atoms with van der Waals surface area (Å²) in [5.41, 5.74) is 6.27. The van der Waals surface area contributed by atoms with Crippen molar-refractivity contribution in [1.29, 1.82) is 0 Å². The fourth-order valence-corrected chi connectivity index (χ4v) is 2.64. The Bertz CT molecular complexity index is 575. The van der Waals surface area contributed by atoms with Crippen molar-refractivity contribution in [1.82, 2.24) is 5.32 Å². The van der Waals surface area contributed by atoms with Crippen LogP contribution in [0.3, 0.4) is 0 Å². The summed E-state index contributed by atoms with van der Waals surface area (Å²) in [6.45, 7) is 8.28. The fraction of sp³-hybridized carbons (Fsp3) is 0.556. The van der Waals surface area contributed by atoms with Gasteiger partial charge in [-0.25, -0.2) is 0 Å². The molecular formula is C18H28ClN3O2. The van der Waals surface area contributed by atoms with Crippen LogP contribution in [0.4, 0.5) is 5.69 Å². The number of nitrogens with one attached hydrogen (secondary N) is 2. The lowest BCUT2D eigenvalue weighted by Crippen LogP contribution is -2.52. The number of hydrogen-bond donors (Lipinski definition) is 3. The third kappa shape index (κ3) is 5.49. The highest BCUT2D eigenvalue weighted by Gasteiger charge is 2.27. The van der Waals surface area contributed by atoms with Crippen molar-refractivity contribution >= 4 is 29.1 Å². The number of rotatable bonds is 8. The van der Waals surface area contributed by atoms with Crippen LogP contribution in [0.15, 0.2) is 18.2 Å². The summed E-state index contributed by atoms with van der Waals surface area (Å²) in [4.78, 5) is 24.5. The van der Waals surface area contributed by atoms with Gasteiger partial charge >= 0.3 is 0 Å². The second-order valence-corrected chi connectivity index (χ2v) is 6.89. The minimum atomic E-state index is -0.447. The summed E-state index contributed by atoms with van der Waals surface area (Å²) in [6, 6.07) is 4.90. The molecule has 0 heterocycles. The lowest BCUT2D eigenvalue weighted by Gasteiger charge is -2.31. The monoisotopic (exact) mass is 353 g/mol. The van der Waals surface area contributed by atoms with Crippen LogP contribution in [0.2, 0.25) is 5.02 Å². The first-order valence-electron chi connectivity index (χ1n) is 8.38. The van der Waals surface area contributed by atoms with E-state index in [9.17, 15) is 9.59 Å². The number of anilines is 1. The molecule has 0 saturated heterocycles. The highest BCUT2D eigenvalue weighted by molar-refractivity contribution is 6.34. The van der Waals surface area contributed by atoms with E-state index in [0.717, 1.165) is 12.8 Å². The third-order valence-electron chi connectivity index (χ3n) is 4.21. The molecule has 0 bridgehead atoms. The number of halogens is 1. The van der Waals surface area contributed by atoms with Crippen LogP contribution in [0.5, 0.6) is 0 Å². The van der Waals surface area contributed by atoms with Crippen LogP contribution in [-0.4, -0.2) is 23.9 Å². The SMILES string of the molecule is CCC(CC)(CN)NC(=O)c1cc(NC(=O)CC(C)C)ccc1Cl. The molecule has 6 heteroatoms. The molecule has 1 rings (SSSR count). The molecule has 1 aromatic carbocycles. The largest absolute Gasteiger partial charge is 0.345 e. The van der Waals surface area contributed by atoms with Gasteiger partial charge in [0.2, 0.25) is 5.91 Å². The molecule has 4 N–H and O–H groups in total. The highest BCUT2D eigenvalue weighted by Crippen LogP contribution is 2.23. The summed E-state index contributed by atoms with van der Waals surface area (Å²) in [5.74, 6) is -0.106. The maximum atomic E-state index is 12.6. The second-order valence-electron chi connectivity index (χ2n) is 6.49. The maximum absolute atomic E-state index is 12.6. The van der Waals surface area contributed by atoms with E-state index in [1.54, 1.807) is 18.2 Å². The van der Waals surface area contributed by atoms with Gasteiger partial charge in [-0.15, -0.1) is 0 Å². The minimum Gasteiger partial charge on any atom is -0.345 e. The Labute approximate surface area is 149 Å². The van der Waals surface area contributed by atoms with Gasteiger partial charge in [0.1, 0.15) is 0 Å². The molecule has 0 unspecified atom stereocenters. The van der Waals surface area contributed by atoms with E-state index in [2.05, 4.69) is 10.6 Å². The molecule has 0 saturated carbocycles. The lowest BCUT2D eigenvalue weighted by atomic mass is 9.92. The van der Waals surface area contributed by atoms with Crippen molar-refractivity contribution in [2.24, 2.45) is 11.7 Å². The van der Waals surface area contributed by atoms with Gasteiger partial charge in [-0.2, -0.15) is 0 Å².